The Labute approximate surface area is 121 Å². The first-order valence-electron chi connectivity index (χ1n) is 6.50. The van der Waals surface area contributed by atoms with E-state index in [2.05, 4.69) is 5.32 Å². The van der Waals surface area contributed by atoms with E-state index in [-0.39, 0.29) is 23.3 Å². The number of ether oxygens (including phenoxy) is 1. The first-order chi connectivity index (χ1) is 9.56. The van der Waals surface area contributed by atoms with E-state index in [9.17, 15) is 9.59 Å². The summed E-state index contributed by atoms with van der Waals surface area (Å²) in [6, 6.07) is 4.29. The van der Waals surface area contributed by atoms with Crippen LogP contribution in [0.5, 0.6) is 0 Å². The van der Waals surface area contributed by atoms with Gasteiger partial charge in [-0.25, -0.2) is 4.79 Å². The highest BCUT2D eigenvalue weighted by atomic mass is 35.5. The Hall–Kier alpha value is -1.59. The van der Waals surface area contributed by atoms with E-state index in [0.29, 0.717) is 17.9 Å². The number of nitrogens with one attached hydrogen (secondary N) is 1. The molecule has 1 aromatic rings. The number of halogens is 1. The normalized spacial score (nSPS) is 17.9. The van der Waals surface area contributed by atoms with Gasteiger partial charge >= 0.3 is 5.97 Å². The lowest BCUT2D eigenvalue weighted by atomic mass is 10.1. The highest BCUT2D eigenvalue weighted by Gasteiger charge is 2.18. The third-order valence-electron chi connectivity index (χ3n) is 3.20. The van der Waals surface area contributed by atoms with E-state index >= 15 is 0 Å². The highest BCUT2D eigenvalue weighted by molar-refractivity contribution is 6.31. The molecule has 0 saturated carbocycles. The number of rotatable bonds is 5. The molecule has 1 aromatic carbocycles. The summed E-state index contributed by atoms with van der Waals surface area (Å²) in [5, 5.41) is 12.0. The van der Waals surface area contributed by atoms with Crippen molar-refractivity contribution in [3.8, 4) is 0 Å². The second-order valence-corrected chi connectivity index (χ2v) is 5.15. The quantitative estimate of drug-likeness (QED) is 0.876. The summed E-state index contributed by atoms with van der Waals surface area (Å²) in [7, 11) is 0. The van der Waals surface area contributed by atoms with Crippen LogP contribution in [0, 0.1) is 0 Å². The van der Waals surface area contributed by atoms with Gasteiger partial charge in [-0.15, -0.1) is 0 Å². The van der Waals surface area contributed by atoms with E-state index in [1.165, 1.54) is 18.2 Å². The summed E-state index contributed by atoms with van der Waals surface area (Å²) < 4.78 is 5.44. The fourth-order valence-electron chi connectivity index (χ4n) is 2.18. The lowest BCUT2D eigenvalue weighted by molar-refractivity contribution is -0.116. The Bertz CT molecular complexity index is 512. The monoisotopic (exact) mass is 297 g/mol. The van der Waals surface area contributed by atoms with Crippen LogP contribution in [0.25, 0.3) is 0 Å². The van der Waals surface area contributed by atoms with Crippen molar-refractivity contribution < 1.29 is 19.4 Å². The lowest BCUT2D eigenvalue weighted by Crippen LogP contribution is -2.17. The Kier molecular flexibility index (Phi) is 4.98. The topological polar surface area (TPSA) is 75.6 Å². The van der Waals surface area contributed by atoms with Crippen LogP contribution in [0.15, 0.2) is 18.2 Å². The van der Waals surface area contributed by atoms with Gasteiger partial charge in [0.2, 0.25) is 5.91 Å². The van der Waals surface area contributed by atoms with Crippen LogP contribution >= 0.6 is 11.6 Å². The van der Waals surface area contributed by atoms with Crippen molar-refractivity contribution in [2.45, 2.75) is 31.8 Å². The molecule has 108 valence electrons. The maximum absolute atomic E-state index is 11.9. The van der Waals surface area contributed by atoms with Crippen molar-refractivity contribution in [3.63, 3.8) is 0 Å². The smallest absolute Gasteiger partial charge is 0.337 e. The molecule has 1 amide bonds. The summed E-state index contributed by atoms with van der Waals surface area (Å²) in [5.74, 6) is -1.33. The van der Waals surface area contributed by atoms with Crippen LogP contribution < -0.4 is 5.32 Å². The first kappa shape index (κ1) is 14.8. The number of carbonyl (C=O) groups is 2. The van der Waals surface area contributed by atoms with Crippen molar-refractivity contribution in [2.75, 3.05) is 11.9 Å². The van der Waals surface area contributed by atoms with Crippen molar-refractivity contribution in [1.82, 2.24) is 0 Å². The number of carboxylic acids is 1. The van der Waals surface area contributed by atoms with Gasteiger partial charge in [-0.2, -0.15) is 0 Å². The number of carboxylic acid groups (broad SMARTS) is 1. The molecule has 1 aliphatic heterocycles. The molecule has 5 nitrogen and oxygen atoms in total. The van der Waals surface area contributed by atoms with Crippen molar-refractivity contribution >= 4 is 29.2 Å². The van der Waals surface area contributed by atoms with E-state index < -0.39 is 5.97 Å². The average molecular weight is 298 g/mol. The standard InChI is InChI=1S/C14H16ClNO4/c15-9-3-5-11(14(18)19)12(8-9)16-13(17)6-4-10-2-1-7-20-10/h3,5,8,10H,1-2,4,6-7H2,(H,16,17)(H,18,19). The zero-order valence-electron chi connectivity index (χ0n) is 10.9. The van der Waals surface area contributed by atoms with Gasteiger partial charge in [0.25, 0.3) is 0 Å². The molecule has 0 radical (unpaired) electrons. The number of hydrogen-bond acceptors (Lipinski definition) is 3. The van der Waals surface area contributed by atoms with Crippen molar-refractivity contribution in [3.05, 3.63) is 28.8 Å². The third kappa shape index (κ3) is 3.95. The van der Waals surface area contributed by atoms with E-state index in [0.717, 1.165) is 19.4 Å². The van der Waals surface area contributed by atoms with Crippen molar-refractivity contribution in [2.24, 2.45) is 0 Å². The Morgan fingerprint density at radius 3 is 2.90 bits per heavy atom. The molecule has 2 rings (SSSR count). The number of hydrogen-bond donors (Lipinski definition) is 2. The summed E-state index contributed by atoms with van der Waals surface area (Å²) in [6.45, 7) is 0.754. The van der Waals surface area contributed by atoms with Crippen LogP contribution in [0.3, 0.4) is 0 Å². The molecule has 1 atom stereocenters. The average Bonchev–Trinajstić information content (AvgIpc) is 2.89. The van der Waals surface area contributed by atoms with Gasteiger partial charge in [0.1, 0.15) is 0 Å². The minimum absolute atomic E-state index is 0.0277. The van der Waals surface area contributed by atoms with Crippen LogP contribution in [0.4, 0.5) is 5.69 Å². The number of anilines is 1. The summed E-state index contributed by atoms with van der Waals surface area (Å²) in [5.41, 5.74) is 0.252. The fourth-order valence-corrected chi connectivity index (χ4v) is 2.36. The second kappa shape index (κ2) is 6.72. The molecule has 0 bridgehead atoms. The molecule has 20 heavy (non-hydrogen) atoms. The van der Waals surface area contributed by atoms with E-state index in [1.807, 2.05) is 0 Å². The molecule has 2 N–H and O–H groups in total. The van der Waals surface area contributed by atoms with E-state index in [1.54, 1.807) is 0 Å². The van der Waals surface area contributed by atoms with Gasteiger partial charge in [-0.3, -0.25) is 4.79 Å². The van der Waals surface area contributed by atoms with Gasteiger partial charge in [-0.1, -0.05) is 11.6 Å². The maximum atomic E-state index is 11.9. The zero-order valence-corrected chi connectivity index (χ0v) is 11.7. The third-order valence-corrected chi connectivity index (χ3v) is 3.44. The first-order valence-corrected chi connectivity index (χ1v) is 6.88. The van der Waals surface area contributed by atoms with Crippen LogP contribution in [0.2, 0.25) is 5.02 Å². The molecule has 0 spiro atoms. The largest absolute Gasteiger partial charge is 0.478 e. The summed E-state index contributed by atoms with van der Waals surface area (Å²) >= 11 is 5.82. The lowest BCUT2D eigenvalue weighted by Gasteiger charge is -2.11. The Morgan fingerprint density at radius 1 is 1.45 bits per heavy atom. The SMILES string of the molecule is O=C(CCC1CCCO1)Nc1cc(Cl)ccc1C(=O)O. The Morgan fingerprint density at radius 2 is 2.25 bits per heavy atom. The minimum Gasteiger partial charge on any atom is -0.478 e. The van der Waals surface area contributed by atoms with Gasteiger partial charge in [-0.05, 0) is 37.5 Å². The molecule has 1 fully saturated rings. The zero-order chi connectivity index (χ0) is 14.5. The molecule has 1 saturated heterocycles. The molecule has 1 heterocycles. The van der Waals surface area contributed by atoms with Gasteiger partial charge in [0, 0.05) is 18.1 Å². The van der Waals surface area contributed by atoms with Crippen molar-refractivity contribution in [1.29, 1.82) is 0 Å². The predicted octanol–water partition coefficient (Wildman–Crippen LogP) is 2.94. The van der Waals surface area contributed by atoms with Gasteiger partial charge in [0.15, 0.2) is 0 Å². The number of carbonyl (C=O) groups excluding carboxylic acids is 1. The van der Waals surface area contributed by atoms with Crippen LogP contribution in [0.1, 0.15) is 36.0 Å². The molecular weight excluding hydrogens is 282 g/mol. The molecule has 0 aliphatic carbocycles. The van der Waals surface area contributed by atoms with Crippen LogP contribution in [-0.2, 0) is 9.53 Å². The second-order valence-electron chi connectivity index (χ2n) is 4.72. The number of amides is 1. The predicted molar refractivity (Wildman–Crippen MR) is 75.2 cm³/mol. The molecule has 1 unspecified atom stereocenters. The Balaban J connectivity index is 1.96. The van der Waals surface area contributed by atoms with Gasteiger partial charge < -0.3 is 15.2 Å². The summed E-state index contributed by atoms with van der Waals surface area (Å²) in [6.07, 6.45) is 3.10. The number of benzene rings is 1. The molecular formula is C14H16ClNO4. The fraction of sp³-hybridized carbons (Fsp3) is 0.429. The molecule has 0 aromatic heterocycles. The highest BCUT2D eigenvalue weighted by Crippen LogP contribution is 2.22. The minimum atomic E-state index is -1.10. The molecule has 1 aliphatic rings. The van der Waals surface area contributed by atoms with Gasteiger partial charge in [0.05, 0.1) is 17.4 Å². The maximum Gasteiger partial charge on any atom is 0.337 e. The molecule has 6 heteroatoms. The number of aromatic carboxylic acids is 1. The van der Waals surface area contributed by atoms with Crippen LogP contribution in [-0.4, -0.2) is 29.7 Å². The van der Waals surface area contributed by atoms with E-state index in [4.69, 9.17) is 21.4 Å². The summed E-state index contributed by atoms with van der Waals surface area (Å²) in [4.78, 5) is 22.9.